The molecule has 3 N–H and O–H groups in total. The van der Waals surface area contributed by atoms with Crippen molar-refractivity contribution in [1.82, 2.24) is 0 Å². The highest BCUT2D eigenvalue weighted by Crippen LogP contribution is 2.38. The molecule has 0 amide bonds. The molecule has 0 radical (unpaired) electrons. The second-order valence-electron chi connectivity index (χ2n) is 4.30. The summed E-state index contributed by atoms with van der Waals surface area (Å²) in [6, 6.07) is 9.48. The van der Waals surface area contributed by atoms with Gasteiger partial charge in [-0.15, -0.1) is 0 Å². The summed E-state index contributed by atoms with van der Waals surface area (Å²) < 4.78 is 5.18. The lowest BCUT2D eigenvalue weighted by Gasteiger charge is -2.09. The van der Waals surface area contributed by atoms with E-state index in [0.717, 1.165) is 5.56 Å². The number of carboxylic acids is 1. The Hall–Kier alpha value is -1.39. The predicted octanol–water partition coefficient (Wildman–Crippen LogP) is 0.798. The number of hydrogen-bond donors (Lipinski definition) is 2. The first-order valence-electron chi connectivity index (χ1n) is 5.25. The molecule has 0 bridgehead atoms. The molecule has 1 aromatic rings. The van der Waals surface area contributed by atoms with Crippen LogP contribution in [0.1, 0.15) is 12.5 Å². The summed E-state index contributed by atoms with van der Waals surface area (Å²) in [6.07, 6.45) is 0.249. The number of carbonyl (C=O) groups is 1. The molecule has 2 rings (SSSR count). The smallest absolute Gasteiger partial charge is 0.338 e. The Morgan fingerprint density at radius 2 is 2.19 bits per heavy atom. The Balaban J connectivity index is 1.97. The molecule has 0 aliphatic carbocycles. The van der Waals surface area contributed by atoms with E-state index in [0.29, 0.717) is 6.42 Å². The standard InChI is InChI=1S/C12H15NO3/c1-12(11(14)15)10(16-12)9(13)7-8-5-3-2-4-6-8/h2-6,9-10H,7,13H2,1H3,(H,14,15)/t9-,10?,12?/m1/s1. The Labute approximate surface area is 94.0 Å². The highest BCUT2D eigenvalue weighted by Gasteiger charge is 2.61. The van der Waals surface area contributed by atoms with Crippen molar-refractivity contribution >= 4 is 5.97 Å². The fourth-order valence-electron chi connectivity index (χ4n) is 1.89. The Bertz CT molecular complexity index is 393. The number of hydrogen-bond acceptors (Lipinski definition) is 3. The monoisotopic (exact) mass is 221 g/mol. The van der Waals surface area contributed by atoms with Crippen molar-refractivity contribution in [3.05, 3.63) is 35.9 Å². The normalized spacial score (nSPS) is 29.8. The summed E-state index contributed by atoms with van der Waals surface area (Å²) in [5, 5.41) is 8.92. The largest absolute Gasteiger partial charge is 0.479 e. The summed E-state index contributed by atoms with van der Waals surface area (Å²) in [5.74, 6) is -0.944. The van der Waals surface area contributed by atoms with Crippen LogP contribution >= 0.6 is 0 Å². The number of epoxide rings is 1. The van der Waals surface area contributed by atoms with Crippen molar-refractivity contribution < 1.29 is 14.6 Å². The lowest BCUT2D eigenvalue weighted by Crippen LogP contribution is -2.36. The molecule has 0 spiro atoms. The lowest BCUT2D eigenvalue weighted by molar-refractivity contribution is -0.142. The Morgan fingerprint density at radius 3 is 2.69 bits per heavy atom. The van der Waals surface area contributed by atoms with Crippen molar-refractivity contribution in [1.29, 1.82) is 0 Å². The third-order valence-electron chi connectivity index (χ3n) is 2.99. The first kappa shape index (κ1) is 11.1. The molecule has 1 aliphatic heterocycles. The van der Waals surface area contributed by atoms with Gasteiger partial charge in [0.2, 0.25) is 0 Å². The van der Waals surface area contributed by atoms with E-state index in [9.17, 15) is 4.79 Å². The number of carboxylic acid groups (broad SMARTS) is 1. The zero-order chi connectivity index (χ0) is 11.8. The van der Waals surface area contributed by atoms with Gasteiger partial charge < -0.3 is 15.6 Å². The van der Waals surface area contributed by atoms with Crippen molar-refractivity contribution in [2.75, 3.05) is 0 Å². The molecule has 1 aromatic carbocycles. The van der Waals surface area contributed by atoms with Crippen LogP contribution in [0.25, 0.3) is 0 Å². The topological polar surface area (TPSA) is 75.8 Å². The molecule has 86 valence electrons. The average Bonchev–Trinajstić information content (AvgIpc) is 2.94. The molecule has 4 heteroatoms. The van der Waals surface area contributed by atoms with E-state index in [-0.39, 0.29) is 12.1 Å². The average molecular weight is 221 g/mol. The first-order valence-corrected chi connectivity index (χ1v) is 5.25. The van der Waals surface area contributed by atoms with Gasteiger partial charge in [-0.25, -0.2) is 4.79 Å². The highest BCUT2D eigenvalue weighted by molar-refractivity contribution is 5.81. The maximum absolute atomic E-state index is 10.9. The number of nitrogens with two attached hydrogens (primary N) is 1. The minimum Gasteiger partial charge on any atom is -0.479 e. The van der Waals surface area contributed by atoms with E-state index < -0.39 is 11.6 Å². The van der Waals surface area contributed by atoms with Crippen LogP contribution in [0.3, 0.4) is 0 Å². The van der Waals surface area contributed by atoms with Crippen LogP contribution in [0.2, 0.25) is 0 Å². The van der Waals surface area contributed by atoms with Crippen LogP contribution in [0.5, 0.6) is 0 Å². The summed E-state index contributed by atoms with van der Waals surface area (Å²) in [6.45, 7) is 1.56. The molecule has 4 nitrogen and oxygen atoms in total. The molecule has 3 atom stereocenters. The SMILES string of the molecule is CC1(C(=O)O)OC1[C@H](N)Cc1ccccc1. The van der Waals surface area contributed by atoms with Gasteiger partial charge in [-0.3, -0.25) is 0 Å². The molecule has 0 saturated carbocycles. The van der Waals surface area contributed by atoms with Gasteiger partial charge in [0.15, 0.2) is 5.60 Å². The molecule has 0 aromatic heterocycles. The van der Waals surface area contributed by atoms with Crippen LogP contribution < -0.4 is 5.73 Å². The minimum atomic E-state index is -1.09. The number of ether oxygens (including phenoxy) is 1. The van der Waals surface area contributed by atoms with E-state index in [2.05, 4.69) is 0 Å². The number of benzene rings is 1. The number of rotatable bonds is 4. The van der Waals surface area contributed by atoms with Crippen LogP contribution in [0, 0.1) is 0 Å². The molecule has 1 aliphatic rings. The van der Waals surface area contributed by atoms with E-state index >= 15 is 0 Å². The molecule has 1 heterocycles. The zero-order valence-electron chi connectivity index (χ0n) is 9.09. The van der Waals surface area contributed by atoms with Gasteiger partial charge in [0.25, 0.3) is 0 Å². The third-order valence-corrected chi connectivity index (χ3v) is 2.99. The molecule has 1 saturated heterocycles. The van der Waals surface area contributed by atoms with E-state index in [1.165, 1.54) is 0 Å². The van der Waals surface area contributed by atoms with Gasteiger partial charge in [-0.05, 0) is 18.9 Å². The van der Waals surface area contributed by atoms with E-state index in [1.807, 2.05) is 30.3 Å². The van der Waals surface area contributed by atoms with Crippen LogP contribution in [0.15, 0.2) is 30.3 Å². The van der Waals surface area contributed by atoms with Gasteiger partial charge in [-0.2, -0.15) is 0 Å². The van der Waals surface area contributed by atoms with Crippen LogP contribution in [-0.4, -0.2) is 28.8 Å². The predicted molar refractivity (Wildman–Crippen MR) is 59.0 cm³/mol. The second kappa shape index (κ2) is 3.88. The summed E-state index contributed by atoms with van der Waals surface area (Å²) >= 11 is 0. The van der Waals surface area contributed by atoms with Gasteiger partial charge in [0.05, 0.1) is 0 Å². The Morgan fingerprint density at radius 1 is 1.56 bits per heavy atom. The molecular weight excluding hydrogens is 206 g/mol. The zero-order valence-corrected chi connectivity index (χ0v) is 9.09. The lowest BCUT2D eigenvalue weighted by atomic mass is 9.97. The van der Waals surface area contributed by atoms with E-state index in [1.54, 1.807) is 6.92 Å². The number of aliphatic carboxylic acids is 1. The fraction of sp³-hybridized carbons (Fsp3) is 0.417. The van der Waals surface area contributed by atoms with E-state index in [4.69, 9.17) is 15.6 Å². The molecule has 16 heavy (non-hydrogen) atoms. The first-order chi connectivity index (χ1) is 7.54. The molecule has 1 fully saturated rings. The van der Waals surface area contributed by atoms with Crippen LogP contribution in [0.4, 0.5) is 0 Å². The minimum absolute atomic E-state index is 0.275. The third kappa shape index (κ3) is 1.94. The van der Waals surface area contributed by atoms with Gasteiger partial charge in [0, 0.05) is 6.04 Å². The maximum Gasteiger partial charge on any atom is 0.338 e. The second-order valence-corrected chi connectivity index (χ2v) is 4.30. The molecular formula is C12H15NO3. The quantitative estimate of drug-likeness (QED) is 0.737. The van der Waals surface area contributed by atoms with Gasteiger partial charge in [0.1, 0.15) is 6.10 Å². The Kier molecular flexibility index (Phi) is 2.69. The molecule has 2 unspecified atom stereocenters. The highest BCUT2D eigenvalue weighted by atomic mass is 16.6. The summed E-state index contributed by atoms with van der Waals surface area (Å²) in [4.78, 5) is 10.9. The van der Waals surface area contributed by atoms with Crippen molar-refractivity contribution in [3.63, 3.8) is 0 Å². The van der Waals surface area contributed by atoms with Gasteiger partial charge >= 0.3 is 5.97 Å². The van der Waals surface area contributed by atoms with Crippen molar-refractivity contribution in [3.8, 4) is 0 Å². The van der Waals surface area contributed by atoms with Crippen LogP contribution in [-0.2, 0) is 16.0 Å². The fourth-order valence-corrected chi connectivity index (χ4v) is 1.89. The van der Waals surface area contributed by atoms with Crippen molar-refractivity contribution in [2.24, 2.45) is 5.73 Å². The van der Waals surface area contributed by atoms with Gasteiger partial charge in [-0.1, -0.05) is 30.3 Å². The maximum atomic E-state index is 10.9. The summed E-state index contributed by atoms with van der Waals surface area (Å²) in [5.41, 5.74) is 5.94. The summed E-state index contributed by atoms with van der Waals surface area (Å²) in [7, 11) is 0. The van der Waals surface area contributed by atoms with Crippen molar-refractivity contribution in [2.45, 2.75) is 31.1 Å².